The van der Waals surface area contributed by atoms with Crippen molar-refractivity contribution in [1.29, 1.82) is 5.26 Å². The molecule has 0 atom stereocenters. The maximum absolute atomic E-state index is 13.4. The zero-order valence-electron chi connectivity index (χ0n) is 22.5. The fraction of sp³-hybridized carbons (Fsp3) is 0.483. The molecule has 3 heterocycles. The molecule has 0 saturated carbocycles. The third-order valence-electron chi connectivity index (χ3n) is 7.40. The Morgan fingerprint density at radius 1 is 1.24 bits per heavy atom. The summed E-state index contributed by atoms with van der Waals surface area (Å²) in [7, 11) is 1.52. The summed E-state index contributed by atoms with van der Waals surface area (Å²) in [5.74, 6) is 0.760. The van der Waals surface area contributed by atoms with Crippen LogP contribution in [-0.4, -0.2) is 47.1 Å². The molecule has 0 unspecified atom stereocenters. The quantitative estimate of drug-likeness (QED) is 0.481. The van der Waals surface area contributed by atoms with Crippen molar-refractivity contribution in [3.63, 3.8) is 0 Å². The Kier molecular flexibility index (Phi) is 7.74. The number of benzene rings is 1. The minimum Gasteiger partial charge on any atom is -0.496 e. The van der Waals surface area contributed by atoms with Crippen LogP contribution in [0.25, 0.3) is 10.9 Å². The van der Waals surface area contributed by atoms with E-state index < -0.39 is 0 Å². The monoisotopic (exact) mass is 503 g/mol. The van der Waals surface area contributed by atoms with Gasteiger partial charge in [-0.05, 0) is 71.7 Å². The van der Waals surface area contributed by atoms with Gasteiger partial charge in [-0.2, -0.15) is 5.26 Å². The van der Waals surface area contributed by atoms with E-state index >= 15 is 0 Å². The predicted molar refractivity (Wildman–Crippen MR) is 145 cm³/mol. The molecule has 8 nitrogen and oxygen atoms in total. The van der Waals surface area contributed by atoms with Crippen LogP contribution in [0.5, 0.6) is 5.75 Å². The molecule has 2 aromatic heterocycles. The van der Waals surface area contributed by atoms with Crippen molar-refractivity contribution in [2.45, 2.75) is 53.6 Å². The molecule has 0 aliphatic carbocycles. The van der Waals surface area contributed by atoms with E-state index in [1.165, 1.54) is 7.11 Å². The van der Waals surface area contributed by atoms with Crippen molar-refractivity contribution in [3.05, 3.63) is 63.2 Å². The number of piperidine rings is 1. The van der Waals surface area contributed by atoms with Crippen molar-refractivity contribution in [3.8, 4) is 11.8 Å². The molecule has 1 aliphatic rings. The van der Waals surface area contributed by atoms with Crippen LogP contribution in [0.1, 0.15) is 54.0 Å². The summed E-state index contributed by atoms with van der Waals surface area (Å²) >= 11 is 0. The zero-order chi connectivity index (χ0) is 26.7. The lowest BCUT2D eigenvalue weighted by atomic mass is 9.91. The smallest absolute Gasteiger partial charge is 0.256 e. The van der Waals surface area contributed by atoms with E-state index in [2.05, 4.69) is 31.9 Å². The fourth-order valence-electron chi connectivity index (χ4n) is 5.43. The van der Waals surface area contributed by atoms with Gasteiger partial charge in [-0.25, -0.2) is 0 Å². The molecule has 1 aliphatic heterocycles. The van der Waals surface area contributed by atoms with Gasteiger partial charge in [-0.15, -0.1) is 0 Å². The number of likely N-dealkylation sites (tertiary alicyclic amines) is 1. The Labute approximate surface area is 218 Å². The molecule has 3 aromatic rings. The lowest BCUT2D eigenvalue weighted by Gasteiger charge is -2.35. The Hall–Kier alpha value is -3.57. The van der Waals surface area contributed by atoms with Gasteiger partial charge in [0.1, 0.15) is 5.75 Å². The Morgan fingerprint density at radius 2 is 1.95 bits per heavy atom. The van der Waals surface area contributed by atoms with Crippen molar-refractivity contribution in [2.75, 3.05) is 26.7 Å². The van der Waals surface area contributed by atoms with Crippen LogP contribution in [0.2, 0.25) is 0 Å². The van der Waals surface area contributed by atoms with Crippen LogP contribution in [0.15, 0.2) is 35.1 Å². The van der Waals surface area contributed by atoms with Gasteiger partial charge in [0.05, 0.1) is 36.3 Å². The molecule has 0 bridgehead atoms. The second-order valence-corrected chi connectivity index (χ2v) is 10.8. The van der Waals surface area contributed by atoms with Crippen LogP contribution in [0.4, 0.5) is 0 Å². The van der Waals surface area contributed by atoms with Gasteiger partial charge in [0.25, 0.3) is 11.5 Å². The van der Waals surface area contributed by atoms with Gasteiger partial charge in [0.15, 0.2) is 0 Å². The zero-order valence-corrected chi connectivity index (χ0v) is 22.5. The molecule has 8 heteroatoms. The Bertz CT molecular complexity index is 1390. The number of fused-ring (bicyclic) bond motifs is 1. The number of nitrogens with zero attached hydrogens (tertiary/aromatic N) is 3. The van der Waals surface area contributed by atoms with E-state index in [4.69, 9.17) is 4.74 Å². The van der Waals surface area contributed by atoms with E-state index in [9.17, 15) is 14.9 Å². The van der Waals surface area contributed by atoms with Crippen LogP contribution < -0.4 is 15.6 Å². The summed E-state index contributed by atoms with van der Waals surface area (Å²) in [6, 6.07) is 12.2. The highest BCUT2D eigenvalue weighted by Crippen LogP contribution is 2.30. The number of aryl methyl sites for hydroxylation is 1. The lowest BCUT2D eigenvalue weighted by Crippen LogP contribution is -2.40. The number of amides is 1. The number of hydrogen-bond acceptors (Lipinski definition) is 5. The van der Waals surface area contributed by atoms with Crippen molar-refractivity contribution in [1.82, 2.24) is 19.8 Å². The summed E-state index contributed by atoms with van der Waals surface area (Å²) in [5, 5.41) is 13.2. The number of nitrogens with one attached hydrogen (secondary N) is 2. The number of pyridine rings is 1. The largest absolute Gasteiger partial charge is 0.496 e. The standard InChI is InChI=1S/C29H37N5O3/c1-19-14-25(37-5)23(27(35)32-19)15-31-28(36)26-20(2)34(24-9-7-6-8-22(24)26)16-21-10-12-33(13-11-21)18-29(3,4)17-30/h6-9,14,21H,10-13,15-16,18H2,1-5H3,(H,31,36)(H,32,35). The highest BCUT2D eigenvalue weighted by Gasteiger charge is 2.27. The normalized spacial score (nSPS) is 15.0. The Balaban J connectivity index is 1.52. The number of methoxy groups -OCH3 is 1. The van der Waals surface area contributed by atoms with E-state index in [-0.39, 0.29) is 23.4 Å². The maximum atomic E-state index is 13.4. The average Bonchev–Trinajstić information content (AvgIpc) is 3.15. The first-order valence-electron chi connectivity index (χ1n) is 12.9. The minimum absolute atomic E-state index is 0.0775. The summed E-state index contributed by atoms with van der Waals surface area (Å²) in [6.07, 6.45) is 2.12. The van der Waals surface area contributed by atoms with Gasteiger partial charge in [-0.1, -0.05) is 18.2 Å². The molecular weight excluding hydrogens is 466 g/mol. The lowest BCUT2D eigenvalue weighted by molar-refractivity contribution is 0.0951. The molecule has 37 heavy (non-hydrogen) atoms. The number of carbonyl (C=O) groups excluding carboxylic acids is 1. The van der Waals surface area contributed by atoms with Crippen molar-refractivity contribution >= 4 is 16.8 Å². The number of carbonyl (C=O) groups is 1. The first kappa shape index (κ1) is 26.5. The highest BCUT2D eigenvalue weighted by atomic mass is 16.5. The molecular formula is C29H37N5O3. The molecule has 1 saturated heterocycles. The molecule has 1 amide bonds. The number of para-hydroxylation sites is 1. The number of nitriles is 1. The average molecular weight is 504 g/mol. The minimum atomic E-state index is -0.338. The molecule has 0 radical (unpaired) electrons. The van der Waals surface area contributed by atoms with Crippen LogP contribution in [0, 0.1) is 36.5 Å². The van der Waals surface area contributed by atoms with Gasteiger partial charge in [0, 0.05) is 35.4 Å². The van der Waals surface area contributed by atoms with Crippen LogP contribution in [-0.2, 0) is 13.1 Å². The number of rotatable bonds is 8. The van der Waals surface area contributed by atoms with E-state index in [0.717, 1.165) is 55.6 Å². The second-order valence-electron chi connectivity index (χ2n) is 10.8. The molecule has 4 rings (SSSR count). The van der Waals surface area contributed by atoms with Crippen molar-refractivity contribution < 1.29 is 9.53 Å². The van der Waals surface area contributed by atoms with Gasteiger partial charge >= 0.3 is 0 Å². The van der Waals surface area contributed by atoms with E-state index in [1.807, 2.05) is 39.0 Å². The second kappa shape index (κ2) is 10.8. The molecule has 0 spiro atoms. The number of H-pyrrole nitrogens is 1. The third kappa shape index (κ3) is 5.72. The number of hydrogen-bond donors (Lipinski definition) is 2. The molecule has 1 fully saturated rings. The Morgan fingerprint density at radius 3 is 2.62 bits per heavy atom. The van der Waals surface area contributed by atoms with Crippen molar-refractivity contribution in [2.24, 2.45) is 11.3 Å². The van der Waals surface area contributed by atoms with E-state index in [0.29, 0.717) is 28.5 Å². The number of aromatic nitrogens is 2. The highest BCUT2D eigenvalue weighted by molar-refractivity contribution is 6.08. The predicted octanol–water partition coefficient (Wildman–Crippen LogP) is 4.15. The molecule has 2 N–H and O–H groups in total. The topological polar surface area (TPSA) is 103 Å². The van der Waals surface area contributed by atoms with Gasteiger partial charge in [0.2, 0.25) is 0 Å². The van der Waals surface area contributed by atoms with E-state index in [1.54, 1.807) is 13.0 Å². The van der Waals surface area contributed by atoms with Crippen LogP contribution >= 0.6 is 0 Å². The third-order valence-corrected chi connectivity index (χ3v) is 7.40. The SMILES string of the molecule is COc1cc(C)[nH]c(=O)c1CNC(=O)c1c(C)n(CC2CCN(CC(C)(C)C#N)CC2)c2ccccc12. The number of ether oxygens (including phenoxy) is 1. The summed E-state index contributed by atoms with van der Waals surface area (Å²) in [6.45, 7) is 11.5. The van der Waals surface area contributed by atoms with Gasteiger partial charge < -0.3 is 24.5 Å². The van der Waals surface area contributed by atoms with Gasteiger partial charge in [-0.3, -0.25) is 9.59 Å². The first-order chi connectivity index (χ1) is 17.6. The summed E-state index contributed by atoms with van der Waals surface area (Å²) in [5.41, 5.74) is 3.12. The summed E-state index contributed by atoms with van der Waals surface area (Å²) < 4.78 is 7.64. The molecule has 1 aromatic carbocycles. The fourth-order valence-corrected chi connectivity index (χ4v) is 5.43. The number of aromatic amines is 1. The maximum Gasteiger partial charge on any atom is 0.256 e. The molecule has 196 valence electrons. The van der Waals surface area contributed by atoms with Crippen LogP contribution in [0.3, 0.4) is 0 Å². The first-order valence-corrected chi connectivity index (χ1v) is 12.9. The summed E-state index contributed by atoms with van der Waals surface area (Å²) in [4.78, 5) is 31.1.